The summed E-state index contributed by atoms with van der Waals surface area (Å²) >= 11 is 0. The highest BCUT2D eigenvalue weighted by Gasteiger charge is 2.08. The zero-order chi connectivity index (χ0) is 12.3. The second-order valence-corrected chi connectivity index (χ2v) is 3.71. The lowest BCUT2D eigenvalue weighted by molar-refractivity contribution is 0.318. The first kappa shape index (κ1) is 11.1. The first-order valence-electron chi connectivity index (χ1n) is 5.11. The molecule has 2 rings (SSSR count). The third kappa shape index (κ3) is 2.41. The summed E-state index contributed by atoms with van der Waals surface area (Å²) in [6.07, 6.45) is 5.30. The third-order valence-electron chi connectivity index (χ3n) is 2.34. The molecule has 88 valence electrons. The van der Waals surface area contributed by atoms with Crippen LogP contribution in [0, 0.1) is 6.92 Å². The van der Waals surface area contributed by atoms with Crippen LogP contribution in [0.4, 0.5) is 0 Å². The van der Waals surface area contributed by atoms with E-state index < -0.39 is 0 Å². The molecule has 0 bridgehead atoms. The van der Waals surface area contributed by atoms with E-state index in [1.54, 1.807) is 23.1 Å². The Morgan fingerprint density at radius 1 is 1.59 bits per heavy atom. The number of nitrogens with zero attached hydrogens (tertiary/aromatic N) is 4. The van der Waals surface area contributed by atoms with Gasteiger partial charge in [-0.3, -0.25) is 9.67 Å². The van der Waals surface area contributed by atoms with Crippen molar-refractivity contribution < 1.29 is 5.21 Å². The predicted octanol–water partition coefficient (Wildman–Crippen LogP) is 0.729. The van der Waals surface area contributed by atoms with Crippen LogP contribution in [0.15, 0.2) is 35.9 Å². The van der Waals surface area contributed by atoms with E-state index >= 15 is 0 Å². The van der Waals surface area contributed by atoms with E-state index in [4.69, 9.17) is 10.9 Å². The van der Waals surface area contributed by atoms with Crippen molar-refractivity contribution in [3.8, 4) is 0 Å². The Kier molecular flexibility index (Phi) is 3.04. The molecule has 0 radical (unpaired) electrons. The van der Waals surface area contributed by atoms with Crippen LogP contribution in [-0.2, 0) is 6.54 Å². The molecule has 0 aliphatic heterocycles. The maximum Gasteiger partial charge on any atom is 0.189 e. The molecule has 6 heteroatoms. The molecule has 0 atom stereocenters. The van der Waals surface area contributed by atoms with Gasteiger partial charge in [0.05, 0.1) is 12.7 Å². The maximum atomic E-state index is 8.68. The van der Waals surface area contributed by atoms with Crippen molar-refractivity contribution in [2.45, 2.75) is 13.5 Å². The van der Waals surface area contributed by atoms with Crippen molar-refractivity contribution in [1.29, 1.82) is 0 Å². The van der Waals surface area contributed by atoms with Crippen LogP contribution < -0.4 is 5.73 Å². The maximum absolute atomic E-state index is 8.68. The van der Waals surface area contributed by atoms with E-state index in [1.807, 2.05) is 19.2 Å². The fourth-order valence-electron chi connectivity index (χ4n) is 1.57. The Balaban J connectivity index is 2.32. The number of pyridine rings is 1. The van der Waals surface area contributed by atoms with Gasteiger partial charge in [0.15, 0.2) is 5.84 Å². The van der Waals surface area contributed by atoms with E-state index in [0.717, 1.165) is 11.1 Å². The molecule has 2 aromatic rings. The smallest absolute Gasteiger partial charge is 0.189 e. The highest BCUT2D eigenvalue weighted by Crippen LogP contribution is 2.08. The van der Waals surface area contributed by atoms with Crippen LogP contribution in [0.5, 0.6) is 0 Å². The predicted molar refractivity (Wildman–Crippen MR) is 62.8 cm³/mol. The average molecular weight is 231 g/mol. The Hall–Kier alpha value is -2.37. The second kappa shape index (κ2) is 4.65. The number of hydrogen-bond donors (Lipinski definition) is 2. The molecule has 0 aromatic carbocycles. The summed E-state index contributed by atoms with van der Waals surface area (Å²) in [5.41, 5.74) is 7.97. The quantitative estimate of drug-likeness (QED) is 0.352. The summed E-state index contributed by atoms with van der Waals surface area (Å²) in [6, 6.07) is 3.68. The molecule has 6 nitrogen and oxygen atoms in total. The third-order valence-corrected chi connectivity index (χ3v) is 2.34. The minimum absolute atomic E-state index is 0.00415. The largest absolute Gasteiger partial charge is 0.409 e. The lowest BCUT2D eigenvalue weighted by Gasteiger charge is -2.06. The minimum atomic E-state index is 0.00415. The number of hydrogen-bond acceptors (Lipinski definition) is 4. The van der Waals surface area contributed by atoms with Crippen LogP contribution in [0.2, 0.25) is 0 Å². The Morgan fingerprint density at radius 3 is 3.06 bits per heavy atom. The molecule has 0 fully saturated rings. The molecular formula is C11H13N5O. The number of oxime groups is 1. The highest BCUT2D eigenvalue weighted by molar-refractivity contribution is 5.96. The molecule has 0 amide bonds. The van der Waals surface area contributed by atoms with Gasteiger partial charge in [0, 0.05) is 18.0 Å². The molecule has 17 heavy (non-hydrogen) atoms. The average Bonchev–Trinajstić information content (AvgIpc) is 2.74. The summed E-state index contributed by atoms with van der Waals surface area (Å²) < 4.78 is 1.78. The van der Waals surface area contributed by atoms with Crippen LogP contribution in [0.1, 0.15) is 16.8 Å². The summed E-state index contributed by atoms with van der Waals surface area (Å²) in [5, 5.41) is 15.8. The van der Waals surface area contributed by atoms with E-state index in [2.05, 4.69) is 15.2 Å². The van der Waals surface area contributed by atoms with Crippen LogP contribution in [-0.4, -0.2) is 25.8 Å². The van der Waals surface area contributed by atoms with Crippen molar-refractivity contribution in [2.75, 3.05) is 0 Å². The van der Waals surface area contributed by atoms with Crippen molar-refractivity contribution in [3.63, 3.8) is 0 Å². The zero-order valence-corrected chi connectivity index (χ0v) is 9.41. The Labute approximate surface area is 98.4 Å². The minimum Gasteiger partial charge on any atom is -0.409 e. The summed E-state index contributed by atoms with van der Waals surface area (Å²) in [4.78, 5) is 4.10. The van der Waals surface area contributed by atoms with Crippen molar-refractivity contribution >= 4 is 5.84 Å². The SMILES string of the molecule is Cc1cnn(Cc2cccnc2C(N)=NO)c1. The number of aromatic nitrogens is 3. The van der Waals surface area contributed by atoms with E-state index in [-0.39, 0.29) is 5.84 Å². The van der Waals surface area contributed by atoms with Gasteiger partial charge in [-0.05, 0) is 18.6 Å². The topological polar surface area (TPSA) is 89.3 Å². The number of aryl methyl sites for hydroxylation is 1. The molecule has 0 aliphatic carbocycles. The highest BCUT2D eigenvalue weighted by atomic mass is 16.4. The van der Waals surface area contributed by atoms with Crippen molar-refractivity contribution in [3.05, 3.63) is 47.5 Å². The molecule has 0 saturated carbocycles. The Morgan fingerprint density at radius 2 is 2.41 bits per heavy atom. The fraction of sp³-hybridized carbons (Fsp3) is 0.182. The zero-order valence-electron chi connectivity index (χ0n) is 9.41. The first-order chi connectivity index (χ1) is 8.20. The fourth-order valence-corrected chi connectivity index (χ4v) is 1.57. The molecule has 2 heterocycles. The van der Waals surface area contributed by atoms with Crippen molar-refractivity contribution in [1.82, 2.24) is 14.8 Å². The summed E-state index contributed by atoms with van der Waals surface area (Å²) in [5.74, 6) is 0.00415. The molecule has 2 aromatic heterocycles. The van der Waals surface area contributed by atoms with Crippen molar-refractivity contribution in [2.24, 2.45) is 10.9 Å². The van der Waals surface area contributed by atoms with Gasteiger partial charge in [0.1, 0.15) is 5.69 Å². The van der Waals surface area contributed by atoms with Gasteiger partial charge in [-0.1, -0.05) is 11.2 Å². The first-order valence-corrected chi connectivity index (χ1v) is 5.11. The second-order valence-electron chi connectivity index (χ2n) is 3.71. The van der Waals surface area contributed by atoms with E-state index in [0.29, 0.717) is 12.2 Å². The summed E-state index contributed by atoms with van der Waals surface area (Å²) in [7, 11) is 0. The van der Waals surface area contributed by atoms with Crippen LogP contribution >= 0.6 is 0 Å². The number of rotatable bonds is 3. The van der Waals surface area contributed by atoms with Gasteiger partial charge < -0.3 is 10.9 Å². The summed E-state index contributed by atoms with van der Waals surface area (Å²) in [6.45, 7) is 2.50. The molecule has 3 N–H and O–H groups in total. The van der Waals surface area contributed by atoms with Gasteiger partial charge in [0.2, 0.25) is 0 Å². The van der Waals surface area contributed by atoms with Gasteiger partial charge >= 0.3 is 0 Å². The molecule has 0 unspecified atom stereocenters. The van der Waals surface area contributed by atoms with Crippen LogP contribution in [0.3, 0.4) is 0 Å². The van der Waals surface area contributed by atoms with E-state index in [9.17, 15) is 0 Å². The monoisotopic (exact) mass is 231 g/mol. The van der Waals surface area contributed by atoms with Gasteiger partial charge in [-0.2, -0.15) is 5.10 Å². The van der Waals surface area contributed by atoms with E-state index in [1.165, 1.54) is 0 Å². The van der Waals surface area contributed by atoms with Gasteiger partial charge in [0.25, 0.3) is 0 Å². The Bertz CT molecular complexity index is 546. The molecule has 0 aliphatic rings. The standard InChI is InChI=1S/C11H13N5O/c1-8-5-14-16(6-8)7-9-3-2-4-13-10(9)11(12)15-17/h2-6,17H,7H2,1H3,(H2,12,15). The number of amidine groups is 1. The lowest BCUT2D eigenvalue weighted by Crippen LogP contribution is -2.18. The van der Waals surface area contributed by atoms with Gasteiger partial charge in [-0.25, -0.2) is 0 Å². The molecule has 0 spiro atoms. The normalized spacial score (nSPS) is 11.7. The lowest BCUT2D eigenvalue weighted by atomic mass is 10.2. The van der Waals surface area contributed by atoms with Gasteiger partial charge in [-0.15, -0.1) is 0 Å². The molecular weight excluding hydrogens is 218 g/mol. The van der Waals surface area contributed by atoms with Crippen LogP contribution in [0.25, 0.3) is 0 Å². The molecule has 0 saturated heterocycles. The number of nitrogens with two attached hydrogens (primary N) is 1.